The van der Waals surface area contributed by atoms with Gasteiger partial charge in [0.05, 0.1) is 10.6 Å². The molecule has 0 aliphatic heterocycles. The highest BCUT2D eigenvalue weighted by molar-refractivity contribution is 5.71. The van der Waals surface area contributed by atoms with Crippen molar-refractivity contribution >= 4 is 17.1 Å². The summed E-state index contributed by atoms with van der Waals surface area (Å²) in [5, 5.41) is 2.21. The van der Waals surface area contributed by atoms with E-state index < -0.39 is 34.6 Å². The van der Waals surface area contributed by atoms with Crippen LogP contribution in [0, 0.1) is 28.2 Å². The van der Waals surface area contributed by atoms with E-state index in [0.29, 0.717) is 12.0 Å². The Morgan fingerprint density at radius 3 is 2.35 bits per heavy atom. The SMILES string of the molecule is CCc1ccc(Nc2c(F)c(F)cc(F)c2[N+](=O)OC)c(F)c1. The van der Waals surface area contributed by atoms with Crippen LogP contribution in [0.4, 0.5) is 34.6 Å². The van der Waals surface area contributed by atoms with Crippen molar-refractivity contribution in [1.29, 1.82) is 0 Å². The van der Waals surface area contributed by atoms with Crippen LogP contribution in [0.15, 0.2) is 24.3 Å². The van der Waals surface area contributed by atoms with Crippen molar-refractivity contribution in [3.8, 4) is 0 Å². The highest BCUT2D eigenvalue weighted by Gasteiger charge is 2.33. The van der Waals surface area contributed by atoms with Crippen molar-refractivity contribution in [1.82, 2.24) is 0 Å². The van der Waals surface area contributed by atoms with Gasteiger partial charge in [0, 0.05) is 6.07 Å². The zero-order chi connectivity index (χ0) is 17.1. The van der Waals surface area contributed by atoms with Crippen LogP contribution < -0.4 is 5.32 Å². The molecule has 0 spiro atoms. The van der Waals surface area contributed by atoms with Crippen LogP contribution in [-0.4, -0.2) is 12.0 Å². The zero-order valence-electron chi connectivity index (χ0n) is 12.3. The minimum atomic E-state index is -1.53. The van der Waals surface area contributed by atoms with E-state index >= 15 is 0 Å². The molecule has 122 valence electrons. The molecule has 0 saturated heterocycles. The van der Waals surface area contributed by atoms with Gasteiger partial charge in [-0.2, -0.15) is 4.39 Å². The van der Waals surface area contributed by atoms with Gasteiger partial charge in [0.1, 0.15) is 5.82 Å². The summed E-state index contributed by atoms with van der Waals surface area (Å²) in [7, 11) is 0.925. The first-order chi connectivity index (χ1) is 10.9. The second kappa shape index (κ2) is 6.64. The molecule has 0 fully saturated rings. The van der Waals surface area contributed by atoms with Gasteiger partial charge in [-0.1, -0.05) is 13.0 Å². The summed E-state index contributed by atoms with van der Waals surface area (Å²) in [6.07, 6.45) is 0.573. The lowest BCUT2D eigenvalue weighted by Crippen LogP contribution is -2.09. The number of benzene rings is 2. The minimum Gasteiger partial charge on any atom is -0.345 e. The van der Waals surface area contributed by atoms with Crippen molar-refractivity contribution in [2.45, 2.75) is 13.3 Å². The van der Waals surface area contributed by atoms with E-state index in [2.05, 4.69) is 10.2 Å². The van der Waals surface area contributed by atoms with Crippen molar-refractivity contribution in [3.05, 3.63) is 58.0 Å². The molecule has 0 heterocycles. The zero-order valence-corrected chi connectivity index (χ0v) is 12.3. The second-order valence-electron chi connectivity index (χ2n) is 4.61. The average Bonchev–Trinajstić information content (AvgIpc) is 2.53. The van der Waals surface area contributed by atoms with Crippen LogP contribution in [-0.2, 0) is 11.3 Å². The predicted octanol–water partition coefficient (Wildman–Crippen LogP) is 4.52. The highest BCUT2D eigenvalue weighted by atomic mass is 19.2. The third-order valence-corrected chi connectivity index (χ3v) is 3.20. The van der Waals surface area contributed by atoms with Gasteiger partial charge in [-0.25, -0.2) is 18.0 Å². The topological polar surface area (TPSA) is 41.3 Å². The largest absolute Gasteiger partial charge is 0.378 e. The van der Waals surface area contributed by atoms with E-state index in [9.17, 15) is 22.5 Å². The van der Waals surface area contributed by atoms with Crippen LogP contribution in [0.2, 0.25) is 0 Å². The lowest BCUT2D eigenvalue weighted by atomic mass is 10.1. The number of nitrogens with zero attached hydrogens (tertiary/aromatic N) is 1. The molecule has 1 N–H and O–H groups in total. The molecule has 0 aromatic heterocycles. The van der Waals surface area contributed by atoms with Crippen LogP contribution in [0.25, 0.3) is 0 Å². The first-order valence-electron chi connectivity index (χ1n) is 6.63. The Morgan fingerprint density at radius 1 is 1.09 bits per heavy atom. The van der Waals surface area contributed by atoms with Crippen molar-refractivity contribution in [2.24, 2.45) is 0 Å². The van der Waals surface area contributed by atoms with Crippen LogP contribution >= 0.6 is 0 Å². The van der Waals surface area contributed by atoms with Crippen molar-refractivity contribution in [2.75, 3.05) is 12.4 Å². The Balaban J connectivity index is 2.56. The quantitative estimate of drug-likeness (QED) is 0.498. The van der Waals surface area contributed by atoms with Crippen LogP contribution in [0.3, 0.4) is 0 Å². The lowest BCUT2D eigenvalue weighted by molar-refractivity contribution is -0.737. The molecule has 0 unspecified atom stereocenters. The fraction of sp³-hybridized carbons (Fsp3) is 0.200. The molecule has 0 aliphatic rings. The molecule has 0 amide bonds. The van der Waals surface area contributed by atoms with Gasteiger partial charge in [-0.05, 0) is 24.1 Å². The van der Waals surface area contributed by atoms with E-state index in [1.54, 1.807) is 6.07 Å². The molecule has 0 radical (unpaired) electrons. The van der Waals surface area contributed by atoms with Gasteiger partial charge < -0.3 is 5.32 Å². The minimum absolute atomic E-state index is 0.205. The van der Waals surface area contributed by atoms with Gasteiger partial charge in [-0.3, -0.25) is 0 Å². The first kappa shape index (κ1) is 16.7. The molecular formula is C15H13F4N2O2+. The molecule has 0 atom stereocenters. The van der Waals surface area contributed by atoms with Gasteiger partial charge in [0.2, 0.25) is 5.82 Å². The van der Waals surface area contributed by atoms with E-state index in [1.807, 2.05) is 6.92 Å². The third kappa shape index (κ3) is 3.25. The fourth-order valence-electron chi connectivity index (χ4n) is 1.98. The van der Waals surface area contributed by atoms with Gasteiger partial charge >= 0.3 is 5.69 Å². The molecule has 0 saturated carbocycles. The molecule has 4 nitrogen and oxygen atoms in total. The molecule has 2 rings (SSSR count). The maximum Gasteiger partial charge on any atom is 0.378 e. The monoisotopic (exact) mass is 329 g/mol. The Morgan fingerprint density at radius 2 is 1.78 bits per heavy atom. The summed E-state index contributed by atoms with van der Waals surface area (Å²) in [5.74, 6) is -5.16. The smallest absolute Gasteiger partial charge is 0.345 e. The van der Waals surface area contributed by atoms with Crippen molar-refractivity contribution < 1.29 is 27.3 Å². The standard InChI is InChI=1S/C15H13F4N2O2/c1-3-8-4-5-12(9(16)6-8)20-14-13(19)10(17)7-11(18)15(14)21(22)23-2/h4-7,20H,3H2,1-2H3/q+1. The molecule has 2 aromatic carbocycles. The van der Waals surface area contributed by atoms with E-state index in [4.69, 9.17) is 0 Å². The summed E-state index contributed by atoms with van der Waals surface area (Å²) < 4.78 is 55.1. The number of hydrogen-bond acceptors (Lipinski definition) is 3. The van der Waals surface area contributed by atoms with Gasteiger partial charge in [0.15, 0.2) is 24.4 Å². The maximum atomic E-state index is 14.0. The Labute approximate surface area is 129 Å². The molecule has 2 aromatic rings. The number of aryl methyl sites for hydroxylation is 1. The maximum absolute atomic E-state index is 14.0. The summed E-state index contributed by atoms with van der Waals surface area (Å²) >= 11 is 0. The molecular weight excluding hydrogens is 316 g/mol. The average molecular weight is 329 g/mol. The normalized spacial score (nSPS) is 10.5. The summed E-state index contributed by atoms with van der Waals surface area (Å²) in [6, 6.07) is 4.24. The third-order valence-electron chi connectivity index (χ3n) is 3.20. The molecule has 0 aliphatic carbocycles. The van der Waals surface area contributed by atoms with Gasteiger partial charge in [-0.15, -0.1) is 0 Å². The number of rotatable bonds is 5. The highest BCUT2D eigenvalue weighted by Crippen LogP contribution is 2.35. The van der Waals surface area contributed by atoms with Gasteiger partial charge in [0.25, 0.3) is 4.92 Å². The molecule has 0 bridgehead atoms. The summed E-state index contributed by atoms with van der Waals surface area (Å²) in [6.45, 7) is 1.81. The summed E-state index contributed by atoms with van der Waals surface area (Å²) in [5.41, 5.74) is -1.34. The summed E-state index contributed by atoms with van der Waals surface area (Å²) in [4.78, 5) is 15.5. The number of nitrogens with one attached hydrogen (secondary N) is 1. The predicted molar refractivity (Wildman–Crippen MR) is 75.7 cm³/mol. The molecule has 23 heavy (non-hydrogen) atoms. The Bertz CT molecular complexity index is 766. The van der Waals surface area contributed by atoms with Crippen LogP contribution in [0.1, 0.15) is 12.5 Å². The molecule has 8 heteroatoms. The number of anilines is 2. The van der Waals surface area contributed by atoms with Crippen LogP contribution in [0.5, 0.6) is 0 Å². The van der Waals surface area contributed by atoms with E-state index in [0.717, 1.165) is 7.11 Å². The second-order valence-corrected chi connectivity index (χ2v) is 4.61. The lowest BCUT2D eigenvalue weighted by Gasteiger charge is -2.10. The fourth-order valence-corrected chi connectivity index (χ4v) is 1.98. The number of halogens is 4. The Hall–Kier alpha value is -2.64. The first-order valence-corrected chi connectivity index (χ1v) is 6.63. The number of hydrogen-bond donors (Lipinski definition) is 1. The van der Waals surface area contributed by atoms with E-state index in [-0.39, 0.29) is 16.7 Å². The van der Waals surface area contributed by atoms with Crippen molar-refractivity contribution in [3.63, 3.8) is 0 Å². The van der Waals surface area contributed by atoms with E-state index in [1.165, 1.54) is 12.1 Å². The Kier molecular flexibility index (Phi) is 4.83.